The maximum Gasteiger partial charge on any atom is 0.119 e. The number of benzene rings is 1. The zero-order chi connectivity index (χ0) is 16.8. The van der Waals surface area contributed by atoms with Crippen LogP contribution >= 0.6 is 0 Å². The lowest BCUT2D eigenvalue weighted by atomic mass is 10.1. The summed E-state index contributed by atoms with van der Waals surface area (Å²) in [5, 5.41) is 0. The minimum absolute atomic E-state index is 0.475. The fraction of sp³-hybridized carbons (Fsp3) is 0.684. The Labute approximate surface area is 142 Å². The number of ether oxygens (including phenoxy) is 1. The quantitative estimate of drug-likeness (QED) is 0.686. The fourth-order valence-corrected chi connectivity index (χ4v) is 3.17. The van der Waals surface area contributed by atoms with E-state index in [1.807, 2.05) is 0 Å². The van der Waals surface area contributed by atoms with E-state index in [-0.39, 0.29) is 0 Å². The molecule has 0 bridgehead atoms. The summed E-state index contributed by atoms with van der Waals surface area (Å²) in [6.45, 7) is 6.51. The van der Waals surface area contributed by atoms with Gasteiger partial charge in [-0.2, -0.15) is 0 Å². The fourth-order valence-electron chi connectivity index (χ4n) is 3.17. The summed E-state index contributed by atoms with van der Waals surface area (Å²) in [6, 6.07) is 9.82. The van der Waals surface area contributed by atoms with Crippen molar-refractivity contribution in [3.8, 4) is 5.75 Å². The van der Waals surface area contributed by atoms with Gasteiger partial charge in [-0.25, -0.2) is 0 Å². The minimum atomic E-state index is 0.475. The third-order valence-electron chi connectivity index (χ3n) is 4.85. The van der Waals surface area contributed by atoms with Crippen molar-refractivity contribution in [3.63, 3.8) is 0 Å². The van der Waals surface area contributed by atoms with Crippen molar-refractivity contribution in [2.24, 2.45) is 0 Å². The van der Waals surface area contributed by atoms with Gasteiger partial charge in [-0.15, -0.1) is 0 Å². The van der Waals surface area contributed by atoms with Crippen molar-refractivity contribution in [2.45, 2.75) is 31.8 Å². The van der Waals surface area contributed by atoms with Crippen LogP contribution in [0.15, 0.2) is 24.3 Å². The van der Waals surface area contributed by atoms with Gasteiger partial charge in [0.1, 0.15) is 5.75 Å². The second-order valence-electron chi connectivity index (χ2n) is 7.15. The molecule has 1 fully saturated rings. The van der Waals surface area contributed by atoms with E-state index in [4.69, 9.17) is 4.74 Å². The van der Waals surface area contributed by atoms with Gasteiger partial charge in [-0.1, -0.05) is 12.1 Å². The van der Waals surface area contributed by atoms with Gasteiger partial charge in [-0.05, 0) is 65.7 Å². The van der Waals surface area contributed by atoms with Gasteiger partial charge in [0, 0.05) is 31.7 Å². The summed E-state index contributed by atoms with van der Waals surface area (Å²) in [7, 11) is 8.55. The molecule has 0 spiro atoms. The predicted octanol–water partition coefficient (Wildman–Crippen LogP) is 2.71. The second-order valence-corrected chi connectivity index (χ2v) is 7.15. The molecule has 4 nitrogen and oxygen atoms in total. The van der Waals surface area contributed by atoms with Crippen LogP contribution in [0.2, 0.25) is 0 Å². The van der Waals surface area contributed by atoms with Crippen molar-refractivity contribution in [2.75, 3.05) is 54.4 Å². The van der Waals surface area contributed by atoms with Gasteiger partial charge < -0.3 is 14.5 Å². The molecule has 1 heterocycles. The topological polar surface area (TPSA) is 19.0 Å². The average Bonchev–Trinajstić information content (AvgIpc) is 3.01. The molecule has 1 aliphatic rings. The first-order valence-corrected chi connectivity index (χ1v) is 8.75. The van der Waals surface area contributed by atoms with Crippen LogP contribution in [0.3, 0.4) is 0 Å². The van der Waals surface area contributed by atoms with Crippen LogP contribution in [-0.2, 0) is 0 Å². The van der Waals surface area contributed by atoms with E-state index >= 15 is 0 Å². The van der Waals surface area contributed by atoms with Crippen LogP contribution in [0, 0.1) is 0 Å². The molecule has 130 valence electrons. The molecule has 1 saturated heterocycles. The summed E-state index contributed by atoms with van der Waals surface area (Å²) >= 11 is 0. The number of hydrogen-bond donors (Lipinski definition) is 0. The highest BCUT2D eigenvalue weighted by Crippen LogP contribution is 2.27. The third-order valence-corrected chi connectivity index (χ3v) is 4.85. The molecule has 2 rings (SSSR count). The monoisotopic (exact) mass is 319 g/mol. The van der Waals surface area contributed by atoms with Crippen LogP contribution in [0.25, 0.3) is 0 Å². The van der Waals surface area contributed by atoms with Crippen LogP contribution in [0.5, 0.6) is 5.75 Å². The lowest BCUT2D eigenvalue weighted by molar-refractivity contribution is 0.228. The molecule has 0 N–H and O–H groups in total. The Hall–Kier alpha value is -1.10. The molecule has 23 heavy (non-hydrogen) atoms. The van der Waals surface area contributed by atoms with Crippen LogP contribution in [-0.4, -0.2) is 75.2 Å². The van der Waals surface area contributed by atoms with Gasteiger partial charge in [0.15, 0.2) is 0 Å². The molecule has 4 heteroatoms. The van der Waals surface area contributed by atoms with Gasteiger partial charge in [0.2, 0.25) is 0 Å². The standard InChI is InChI=1S/C19H33N3O/c1-16(22-13-11-18(15-22)21(4)5)17-7-9-19(10-8-17)23-14-6-12-20(2)3/h7-10,16,18H,6,11-15H2,1-5H3. The number of likely N-dealkylation sites (tertiary alicyclic amines) is 1. The number of likely N-dealkylation sites (N-methyl/N-ethyl adjacent to an activating group) is 1. The zero-order valence-corrected chi connectivity index (χ0v) is 15.5. The van der Waals surface area contributed by atoms with Gasteiger partial charge in [0.25, 0.3) is 0 Å². The van der Waals surface area contributed by atoms with Crippen molar-refractivity contribution >= 4 is 0 Å². The predicted molar refractivity (Wildman–Crippen MR) is 97.2 cm³/mol. The Morgan fingerprint density at radius 3 is 2.43 bits per heavy atom. The molecule has 0 radical (unpaired) electrons. The highest BCUT2D eigenvalue weighted by molar-refractivity contribution is 5.29. The molecule has 1 aliphatic heterocycles. The minimum Gasteiger partial charge on any atom is -0.494 e. The lowest BCUT2D eigenvalue weighted by Gasteiger charge is -2.26. The van der Waals surface area contributed by atoms with E-state index < -0.39 is 0 Å². The SMILES string of the molecule is CC(c1ccc(OCCCN(C)C)cc1)N1CCC(N(C)C)C1. The maximum atomic E-state index is 5.82. The normalized spacial score (nSPS) is 20.4. The van der Waals surface area contributed by atoms with Crippen molar-refractivity contribution in [1.29, 1.82) is 0 Å². The van der Waals surface area contributed by atoms with Crippen molar-refractivity contribution < 1.29 is 4.74 Å². The molecule has 1 aromatic carbocycles. The van der Waals surface area contributed by atoms with Crippen LogP contribution in [0.1, 0.15) is 31.4 Å². The summed E-state index contributed by atoms with van der Waals surface area (Å²) in [6.07, 6.45) is 2.33. The van der Waals surface area contributed by atoms with Crippen molar-refractivity contribution in [3.05, 3.63) is 29.8 Å². The first-order valence-electron chi connectivity index (χ1n) is 8.75. The summed E-state index contributed by atoms with van der Waals surface area (Å²) in [4.78, 5) is 7.11. The first-order chi connectivity index (χ1) is 11.0. The molecule has 2 unspecified atom stereocenters. The zero-order valence-electron chi connectivity index (χ0n) is 15.5. The van der Waals surface area contributed by atoms with Crippen molar-refractivity contribution in [1.82, 2.24) is 14.7 Å². The summed E-state index contributed by atoms with van der Waals surface area (Å²) < 4.78 is 5.82. The first kappa shape index (κ1) is 18.2. The Morgan fingerprint density at radius 1 is 1.17 bits per heavy atom. The molecule has 0 amide bonds. The van der Waals surface area contributed by atoms with Gasteiger partial charge >= 0.3 is 0 Å². The highest BCUT2D eigenvalue weighted by atomic mass is 16.5. The van der Waals surface area contributed by atoms with E-state index in [1.54, 1.807) is 0 Å². The highest BCUT2D eigenvalue weighted by Gasteiger charge is 2.27. The second kappa shape index (κ2) is 8.67. The van der Waals surface area contributed by atoms with Gasteiger partial charge in [0.05, 0.1) is 6.61 Å². The molecule has 0 aromatic heterocycles. The molecular formula is C19H33N3O. The van der Waals surface area contributed by atoms with E-state index in [0.717, 1.165) is 31.9 Å². The maximum absolute atomic E-state index is 5.82. The summed E-state index contributed by atoms with van der Waals surface area (Å²) in [5.74, 6) is 0.979. The molecule has 2 atom stereocenters. The molecule has 1 aromatic rings. The van der Waals surface area contributed by atoms with Crippen LogP contribution < -0.4 is 4.74 Å². The lowest BCUT2D eigenvalue weighted by Crippen LogP contribution is -2.32. The molecule has 0 saturated carbocycles. The number of nitrogens with zero attached hydrogens (tertiary/aromatic N) is 3. The van der Waals surface area contributed by atoms with E-state index in [0.29, 0.717) is 12.1 Å². The number of hydrogen-bond acceptors (Lipinski definition) is 4. The Morgan fingerprint density at radius 2 is 1.87 bits per heavy atom. The number of rotatable bonds is 8. The Balaban J connectivity index is 1.82. The Bertz CT molecular complexity index is 458. The van der Waals surface area contributed by atoms with E-state index in [2.05, 4.69) is 74.1 Å². The smallest absolute Gasteiger partial charge is 0.119 e. The summed E-state index contributed by atoms with van der Waals surface area (Å²) in [5.41, 5.74) is 1.38. The molecule has 0 aliphatic carbocycles. The van der Waals surface area contributed by atoms with Crippen LogP contribution in [0.4, 0.5) is 0 Å². The molecular weight excluding hydrogens is 286 g/mol. The van der Waals surface area contributed by atoms with Gasteiger partial charge in [-0.3, -0.25) is 4.90 Å². The third kappa shape index (κ3) is 5.48. The largest absolute Gasteiger partial charge is 0.494 e. The van der Waals surface area contributed by atoms with E-state index in [9.17, 15) is 0 Å². The average molecular weight is 319 g/mol. The Kier molecular flexibility index (Phi) is 6.88. The van der Waals surface area contributed by atoms with E-state index in [1.165, 1.54) is 18.5 Å².